The van der Waals surface area contributed by atoms with Gasteiger partial charge in [-0.15, -0.1) is 0 Å². The molecule has 1 aliphatic heterocycles. The molecule has 0 aliphatic carbocycles. The van der Waals surface area contributed by atoms with E-state index < -0.39 is 32.2 Å². The summed E-state index contributed by atoms with van der Waals surface area (Å²) < 4.78 is 34.4. The number of aromatic nitrogens is 2. The summed E-state index contributed by atoms with van der Waals surface area (Å²) in [6, 6.07) is 2.98. The third kappa shape index (κ3) is 2.45. The molecule has 8 nitrogen and oxygen atoms in total. The molecule has 1 saturated heterocycles. The van der Waals surface area contributed by atoms with Gasteiger partial charge in [-0.25, -0.2) is 13.2 Å². The first-order chi connectivity index (χ1) is 10.8. The third-order valence-corrected chi connectivity index (χ3v) is 5.97. The van der Waals surface area contributed by atoms with Crippen LogP contribution >= 0.6 is 0 Å². The van der Waals surface area contributed by atoms with E-state index in [2.05, 4.69) is 0 Å². The molecule has 1 aliphatic rings. The largest absolute Gasteiger partial charge is 0.468 e. The molecule has 3 rings (SSSR count). The van der Waals surface area contributed by atoms with Crippen molar-refractivity contribution in [2.45, 2.75) is 23.8 Å². The van der Waals surface area contributed by atoms with Gasteiger partial charge in [-0.05, 0) is 25.0 Å². The average Bonchev–Trinajstić information content (AvgIpc) is 3.18. The second kappa shape index (κ2) is 5.50. The Morgan fingerprint density at radius 2 is 2.00 bits per heavy atom. The average molecular weight is 339 g/mol. The third-order valence-electron chi connectivity index (χ3n) is 4.08. The van der Waals surface area contributed by atoms with E-state index in [0.29, 0.717) is 25.1 Å². The zero-order valence-electron chi connectivity index (χ0n) is 12.8. The predicted octanol–water partition coefficient (Wildman–Crippen LogP) is 0.203. The molecule has 1 fully saturated rings. The zero-order valence-corrected chi connectivity index (χ0v) is 13.6. The molecule has 1 atom stereocenters. The molecule has 0 bridgehead atoms. The number of furan rings is 1. The van der Waals surface area contributed by atoms with Crippen molar-refractivity contribution < 1.29 is 12.8 Å². The smallest absolute Gasteiger partial charge is 0.330 e. The highest BCUT2D eigenvalue weighted by Crippen LogP contribution is 2.35. The number of hydrogen-bond donors (Lipinski definition) is 0. The van der Waals surface area contributed by atoms with E-state index in [1.807, 2.05) is 0 Å². The Morgan fingerprint density at radius 3 is 2.65 bits per heavy atom. The quantitative estimate of drug-likeness (QED) is 0.796. The number of sulfonamides is 1. The Labute approximate surface area is 132 Å². The van der Waals surface area contributed by atoms with Crippen LogP contribution in [0.2, 0.25) is 0 Å². The summed E-state index contributed by atoms with van der Waals surface area (Å²) in [6.07, 6.45) is 3.87. The highest BCUT2D eigenvalue weighted by atomic mass is 32.2. The van der Waals surface area contributed by atoms with Crippen molar-refractivity contribution in [3.63, 3.8) is 0 Å². The minimum atomic E-state index is -4.03. The summed E-state index contributed by atoms with van der Waals surface area (Å²) in [5, 5.41) is 0. The van der Waals surface area contributed by atoms with Crippen LogP contribution in [0.3, 0.4) is 0 Å². The van der Waals surface area contributed by atoms with Crippen molar-refractivity contribution in [2.24, 2.45) is 14.1 Å². The molecule has 0 spiro atoms. The van der Waals surface area contributed by atoms with E-state index in [4.69, 9.17) is 4.42 Å². The molecule has 2 aromatic rings. The van der Waals surface area contributed by atoms with Crippen LogP contribution in [-0.4, -0.2) is 28.4 Å². The van der Waals surface area contributed by atoms with Crippen LogP contribution in [0.15, 0.2) is 43.5 Å². The second-order valence-electron chi connectivity index (χ2n) is 5.54. The molecular weight excluding hydrogens is 322 g/mol. The van der Waals surface area contributed by atoms with Crippen LogP contribution in [-0.2, 0) is 24.1 Å². The monoisotopic (exact) mass is 339 g/mol. The lowest BCUT2D eigenvalue weighted by Gasteiger charge is -2.22. The van der Waals surface area contributed by atoms with E-state index in [1.54, 1.807) is 12.1 Å². The van der Waals surface area contributed by atoms with Gasteiger partial charge in [-0.1, -0.05) is 0 Å². The Hall–Kier alpha value is -2.13. The number of rotatable bonds is 3. The van der Waals surface area contributed by atoms with E-state index in [-0.39, 0.29) is 0 Å². The Morgan fingerprint density at radius 1 is 1.26 bits per heavy atom. The van der Waals surface area contributed by atoms with Gasteiger partial charge in [0.15, 0.2) is 4.90 Å². The maximum absolute atomic E-state index is 12.9. The normalized spacial score (nSPS) is 19.3. The van der Waals surface area contributed by atoms with Gasteiger partial charge in [0.1, 0.15) is 5.76 Å². The molecule has 0 aromatic carbocycles. The number of aryl methyl sites for hydroxylation is 1. The molecule has 23 heavy (non-hydrogen) atoms. The van der Waals surface area contributed by atoms with Gasteiger partial charge in [-0.3, -0.25) is 9.36 Å². The molecule has 124 valence electrons. The summed E-state index contributed by atoms with van der Waals surface area (Å²) in [5.41, 5.74) is -1.39. The van der Waals surface area contributed by atoms with Crippen molar-refractivity contribution in [3.05, 3.63) is 51.2 Å². The van der Waals surface area contributed by atoms with Gasteiger partial charge in [0, 0.05) is 26.8 Å². The molecule has 2 aromatic heterocycles. The van der Waals surface area contributed by atoms with E-state index in [1.165, 1.54) is 24.7 Å². The van der Waals surface area contributed by atoms with Gasteiger partial charge in [0.25, 0.3) is 15.6 Å². The molecular formula is C14H17N3O5S. The second-order valence-corrected chi connectivity index (χ2v) is 7.40. The first-order valence-electron chi connectivity index (χ1n) is 7.16. The minimum absolute atomic E-state index is 0.305. The van der Waals surface area contributed by atoms with Gasteiger partial charge < -0.3 is 8.98 Å². The Kier molecular flexibility index (Phi) is 3.77. The van der Waals surface area contributed by atoms with E-state index in [0.717, 1.165) is 15.3 Å². The van der Waals surface area contributed by atoms with Crippen LogP contribution in [0.1, 0.15) is 24.6 Å². The van der Waals surface area contributed by atoms with Crippen LogP contribution in [0.25, 0.3) is 0 Å². The summed E-state index contributed by atoms with van der Waals surface area (Å²) in [5.74, 6) is 0.549. The van der Waals surface area contributed by atoms with Crippen molar-refractivity contribution in [1.82, 2.24) is 13.4 Å². The predicted molar refractivity (Wildman–Crippen MR) is 81.5 cm³/mol. The Bertz CT molecular complexity index is 940. The van der Waals surface area contributed by atoms with Crippen molar-refractivity contribution in [3.8, 4) is 0 Å². The minimum Gasteiger partial charge on any atom is -0.468 e. The van der Waals surface area contributed by atoms with Crippen LogP contribution in [0.4, 0.5) is 0 Å². The first kappa shape index (κ1) is 15.8. The fraction of sp³-hybridized carbons (Fsp3) is 0.429. The summed E-state index contributed by atoms with van der Waals surface area (Å²) in [7, 11) is -1.35. The SMILES string of the molecule is Cn1cc(S(=O)(=O)N2CCC[C@@H]2c2ccco2)c(=O)n(C)c1=O. The van der Waals surface area contributed by atoms with Gasteiger partial charge in [0.05, 0.1) is 12.3 Å². The van der Waals surface area contributed by atoms with Crippen LogP contribution in [0, 0.1) is 0 Å². The van der Waals surface area contributed by atoms with E-state index >= 15 is 0 Å². The number of nitrogens with zero attached hydrogens (tertiary/aromatic N) is 3. The molecule has 0 radical (unpaired) electrons. The molecule has 0 N–H and O–H groups in total. The summed E-state index contributed by atoms with van der Waals surface area (Å²) in [6.45, 7) is 0.305. The highest BCUT2D eigenvalue weighted by Gasteiger charge is 2.39. The lowest BCUT2D eigenvalue weighted by molar-refractivity contribution is 0.339. The summed E-state index contributed by atoms with van der Waals surface area (Å²) in [4.78, 5) is 23.6. The maximum Gasteiger partial charge on any atom is 0.330 e. The van der Waals surface area contributed by atoms with Crippen LogP contribution in [0.5, 0.6) is 0 Å². The standard InChI is InChI=1S/C14H17N3O5S/c1-15-9-12(13(18)16(2)14(15)19)23(20,21)17-7-3-5-10(17)11-6-4-8-22-11/h4,6,8-10H,3,5,7H2,1-2H3/t10-/m1/s1. The lowest BCUT2D eigenvalue weighted by atomic mass is 10.2. The molecule has 0 saturated carbocycles. The molecule has 3 heterocycles. The highest BCUT2D eigenvalue weighted by molar-refractivity contribution is 7.89. The van der Waals surface area contributed by atoms with E-state index in [9.17, 15) is 18.0 Å². The van der Waals surface area contributed by atoms with Gasteiger partial charge in [0.2, 0.25) is 0 Å². The molecule has 0 unspecified atom stereocenters. The van der Waals surface area contributed by atoms with Crippen molar-refractivity contribution in [2.75, 3.05) is 6.54 Å². The maximum atomic E-state index is 12.9. The molecule has 0 amide bonds. The number of hydrogen-bond acceptors (Lipinski definition) is 5. The first-order valence-corrected chi connectivity index (χ1v) is 8.60. The van der Waals surface area contributed by atoms with Gasteiger partial charge >= 0.3 is 5.69 Å². The fourth-order valence-electron chi connectivity index (χ4n) is 2.87. The summed E-state index contributed by atoms with van der Waals surface area (Å²) >= 11 is 0. The zero-order chi connectivity index (χ0) is 16.8. The Balaban J connectivity index is 2.13. The lowest BCUT2D eigenvalue weighted by Crippen LogP contribution is -2.42. The fourth-order valence-corrected chi connectivity index (χ4v) is 4.69. The van der Waals surface area contributed by atoms with Crippen molar-refractivity contribution >= 4 is 10.0 Å². The van der Waals surface area contributed by atoms with Crippen molar-refractivity contribution in [1.29, 1.82) is 0 Å². The topological polar surface area (TPSA) is 94.5 Å². The van der Waals surface area contributed by atoms with Gasteiger partial charge in [-0.2, -0.15) is 4.31 Å². The molecule has 9 heteroatoms. The van der Waals surface area contributed by atoms with Crippen LogP contribution < -0.4 is 11.2 Å².